The van der Waals surface area contributed by atoms with Crippen LogP contribution in [0.1, 0.15) is 15.9 Å². The standard InChI is InChI=1S/C20H17N5O3/c1-27-16-7-8-17(18(9-16)28-2)25-19(26)14-11-22-20(23-12-14)24-15-5-3-13(10-21)4-6-15/h3-9,11-12H,1-2H3,(H,25,26)(H,22,23,24). The average molecular weight is 375 g/mol. The first-order valence-electron chi connectivity index (χ1n) is 8.25. The maximum absolute atomic E-state index is 12.4. The van der Waals surface area contributed by atoms with Gasteiger partial charge in [0.25, 0.3) is 5.91 Å². The Hall–Kier alpha value is -4.12. The quantitative estimate of drug-likeness (QED) is 0.680. The van der Waals surface area contributed by atoms with Gasteiger partial charge in [-0.2, -0.15) is 5.26 Å². The van der Waals surface area contributed by atoms with Gasteiger partial charge in [0.1, 0.15) is 11.5 Å². The second-order valence-corrected chi connectivity index (χ2v) is 5.63. The van der Waals surface area contributed by atoms with Crippen LogP contribution in [0.4, 0.5) is 17.3 Å². The SMILES string of the molecule is COc1ccc(NC(=O)c2cnc(Nc3ccc(C#N)cc3)nc2)c(OC)c1. The molecule has 0 unspecified atom stereocenters. The third kappa shape index (κ3) is 4.34. The smallest absolute Gasteiger partial charge is 0.258 e. The molecule has 1 aromatic heterocycles. The lowest BCUT2D eigenvalue weighted by Gasteiger charge is -2.11. The van der Waals surface area contributed by atoms with E-state index in [2.05, 4.69) is 26.7 Å². The number of hydrogen-bond donors (Lipinski definition) is 2. The van der Waals surface area contributed by atoms with Crippen LogP contribution in [0, 0.1) is 11.3 Å². The summed E-state index contributed by atoms with van der Waals surface area (Å²) < 4.78 is 10.4. The van der Waals surface area contributed by atoms with E-state index in [9.17, 15) is 4.79 Å². The number of amides is 1. The predicted molar refractivity (Wildman–Crippen MR) is 104 cm³/mol. The number of nitrogens with one attached hydrogen (secondary N) is 2. The number of ether oxygens (including phenoxy) is 2. The molecule has 8 heteroatoms. The number of nitriles is 1. The Kier molecular flexibility index (Phi) is 5.67. The molecule has 0 atom stereocenters. The van der Waals surface area contributed by atoms with Crippen molar-refractivity contribution in [3.05, 3.63) is 66.0 Å². The van der Waals surface area contributed by atoms with E-state index in [0.717, 1.165) is 5.69 Å². The summed E-state index contributed by atoms with van der Waals surface area (Å²) in [4.78, 5) is 20.7. The lowest BCUT2D eigenvalue weighted by molar-refractivity contribution is 0.102. The Labute approximate surface area is 161 Å². The van der Waals surface area contributed by atoms with Crippen molar-refractivity contribution in [3.8, 4) is 17.6 Å². The summed E-state index contributed by atoms with van der Waals surface area (Å²) in [6.07, 6.45) is 2.84. The van der Waals surface area contributed by atoms with Crippen molar-refractivity contribution in [2.24, 2.45) is 0 Å². The molecule has 1 heterocycles. The Balaban J connectivity index is 1.69. The third-order valence-corrected chi connectivity index (χ3v) is 3.84. The number of anilines is 3. The number of carbonyl (C=O) groups excluding carboxylic acids is 1. The van der Waals surface area contributed by atoms with Crippen LogP contribution in [0.15, 0.2) is 54.9 Å². The Morgan fingerprint density at radius 2 is 1.75 bits per heavy atom. The highest BCUT2D eigenvalue weighted by Gasteiger charge is 2.12. The maximum atomic E-state index is 12.4. The molecule has 2 N–H and O–H groups in total. The van der Waals surface area contributed by atoms with Crippen molar-refractivity contribution >= 4 is 23.2 Å². The van der Waals surface area contributed by atoms with Crippen molar-refractivity contribution in [1.29, 1.82) is 5.26 Å². The van der Waals surface area contributed by atoms with Gasteiger partial charge in [-0.15, -0.1) is 0 Å². The van der Waals surface area contributed by atoms with Gasteiger partial charge in [-0.3, -0.25) is 4.79 Å². The fourth-order valence-electron chi connectivity index (χ4n) is 2.36. The van der Waals surface area contributed by atoms with Gasteiger partial charge in [-0.25, -0.2) is 9.97 Å². The Morgan fingerprint density at radius 1 is 1.04 bits per heavy atom. The summed E-state index contributed by atoms with van der Waals surface area (Å²) in [5.41, 5.74) is 2.10. The number of aromatic nitrogens is 2. The Bertz CT molecular complexity index is 1010. The number of hydrogen-bond acceptors (Lipinski definition) is 7. The van der Waals surface area contributed by atoms with E-state index < -0.39 is 0 Å². The summed E-state index contributed by atoms with van der Waals surface area (Å²) in [6, 6.07) is 14.0. The molecule has 140 valence electrons. The van der Waals surface area contributed by atoms with Gasteiger partial charge in [0.15, 0.2) is 0 Å². The minimum Gasteiger partial charge on any atom is -0.497 e. The molecule has 8 nitrogen and oxygen atoms in total. The van der Waals surface area contributed by atoms with Crippen molar-refractivity contribution < 1.29 is 14.3 Å². The molecular formula is C20H17N5O3. The lowest BCUT2D eigenvalue weighted by atomic mass is 10.2. The normalized spacial score (nSPS) is 9.89. The van der Waals surface area contributed by atoms with Gasteiger partial charge >= 0.3 is 0 Å². The van der Waals surface area contributed by atoms with Gasteiger partial charge in [-0.1, -0.05) is 0 Å². The van der Waals surface area contributed by atoms with Gasteiger partial charge in [-0.05, 0) is 36.4 Å². The van der Waals surface area contributed by atoms with E-state index in [-0.39, 0.29) is 5.91 Å². The molecule has 2 aromatic carbocycles. The summed E-state index contributed by atoms with van der Waals surface area (Å²) in [6.45, 7) is 0. The van der Waals surface area contributed by atoms with Gasteiger partial charge in [0.05, 0.1) is 37.1 Å². The molecule has 0 saturated carbocycles. The first kappa shape index (κ1) is 18.7. The van der Waals surface area contributed by atoms with Crippen LogP contribution in [-0.4, -0.2) is 30.1 Å². The second kappa shape index (κ2) is 8.51. The number of nitrogens with zero attached hydrogens (tertiary/aromatic N) is 3. The highest BCUT2D eigenvalue weighted by Crippen LogP contribution is 2.29. The van der Waals surface area contributed by atoms with Gasteiger partial charge in [0, 0.05) is 24.1 Å². The largest absolute Gasteiger partial charge is 0.497 e. The van der Waals surface area contributed by atoms with Crippen molar-refractivity contribution in [2.75, 3.05) is 24.9 Å². The van der Waals surface area contributed by atoms with Crippen LogP contribution >= 0.6 is 0 Å². The third-order valence-electron chi connectivity index (χ3n) is 3.84. The van der Waals surface area contributed by atoms with E-state index in [4.69, 9.17) is 14.7 Å². The van der Waals surface area contributed by atoms with E-state index in [1.54, 1.807) is 49.6 Å². The Morgan fingerprint density at radius 3 is 2.36 bits per heavy atom. The zero-order valence-electron chi connectivity index (χ0n) is 15.3. The van der Waals surface area contributed by atoms with E-state index in [1.165, 1.54) is 19.5 Å². The van der Waals surface area contributed by atoms with E-state index in [0.29, 0.717) is 34.3 Å². The molecular weight excluding hydrogens is 358 g/mol. The number of benzene rings is 2. The van der Waals surface area contributed by atoms with Crippen molar-refractivity contribution in [1.82, 2.24) is 9.97 Å². The van der Waals surface area contributed by atoms with E-state index in [1.807, 2.05) is 0 Å². The lowest BCUT2D eigenvalue weighted by Crippen LogP contribution is -2.13. The molecule has 3 rings (SSSR count). The summed E-state index contributed by atoms with van der Waals surface area (Å²) >= 11 is 0. The highest BCUT2D eigenvalue weighted by atomic mass is 16.5. The fraction of sp³-hybridized carbons (Fsp3) is 0.100. The molecule has 0 aliphatic rings. The molecule has 1 amide bonds. The molecule has 0 spiro atoms. The number of carbonyl (C=O) groups is 1. The monoisotopic (exact) mass is 375 g/mol. The predicted octanol–water partition coefficient (Wildman–Crippen LogP) is 3.36. The van der Waals surface area contributed by atoms with E-state index >= 15 is 0 Å². The summed E-state index contributed by atoms with van der Waals surface area (Å²) in [5.74, 6) is 1.07. The molecule has 3 aromatic rings. The van der Waals surface area contributed by atoms with Crippen LogP contribution in [0.2, 0.25) is 0 Å². The summed E-state index contributed by atoms with van der Waals surface area (Å²) in [7, 11) is 3.06. The zero-order chi connectivity index (χ0) is 19.9. The van der Waals surface area contributed by atoms with Crippen molar-refractivity contribution in [3.63, 3.8) is 0 Å². The van der Waals surface area contributed by atoms with Crippen LogP contribution in [0.3, 0.4) is 0 Å². The molecule has 0 aliphatic carbocycles. The molecule has 0 bridgehead atoms. The molecule has 0 aliphatic heterocycles. The zero-order valence-corrected chi connectivity index (χ0v) is 15.3. The topological polar surface area (TPSA) is 109 Å². The number of rotatable bonds is 6. The maximum Gasteiger partial charge on any atom is 0.258 e. The number of methoxy groups -OCH3 is 2. The minimum absolute atomic E-state index is 0.295. The first-order valence-corrected chi connectivity index (χ1v) is 8.25. The van der Waals surface area contributed by atoms with Crippen LogP contribution < -0.4 is 20.1 Å². The van der Waals surface area contributed by atoms with Crippen LogP contribution in [-0.2, 0) is 0 Å². The highest BCUT2D eigenvalue weighted by molar-refractivity contribution is 6.04. The fourth-order valence-corrected chi connectivity index (χ4v) is 2.36. The van der Waals surface area contributed by atoms with Crippen molar-refractivity contribution in [2.45, 2.75) is 0 Å². The summed E-state index contributed by atoms with van der Waals surface area (Å²) in [5, 5.41) is 14.6. The molecule has 0 saturated heterocycles. The second-order valence-electron chi connectivity index (χ2n) is 5.63. The van der Waals surface area contributed by atoms with Crippen LogP contribution in [0.25, 0.3) is 0 Å². The first-order chi connectivity index (χ1) is 13.6. The molecule has 28 heavy (non-hydrogen) atoms. The van der Waals surface area contributed by atoms with Gasteiger partial charge in [0.2, 0.25) is 5.95 Å². The van der Waals surface area contributed by atoms with Gasteiger partial charge < -0.3 is 20.1 Å². The molecule has 0 radical (unpaired) electrons. The molecule has 0 fully saturated rings. The average Bonchev–Trinajstić information content (AvgIpc) is 2.75. The minimum atomic E-state index is -0.367. The van der Waals surface area contributed by atoms with Crippen LogP contribution in [0.5, 0.6) is 11.5 Å².